The lowest BCUT2D eigenvalue weighted by atomic mass is 10.1. The van der Waals surface area contributed by atoms with Gasteiger partial charge in [-0.3, -0.25) is 9.48 Å². The Morgan fingerprint density at radius 1 is 1.12 bits per heavy atom. The lowest BCUT2D eigenvalue weighted by molar-refractivity contribution is -0.137. The maximum atomic E-state index is 13.1. The highest BCUT2D eigenvalue weighted by Crippen LogP contribution is 2.33. The number of halogens is 3. The van der Waals surface area contributed by atoms with Crippen LogP contribution in [0.3, 0.4) is 0 Å². The van der Waals surface area contributed by atoms with Crippen LogP contribution in [-0.2, 0) is 13.2 Å². The molecule has 0 fully saturated rings. The van der Waals surface area contributed by atoms with Gasteiger partial charge in [-0.2, -0.15) is 18.3 Å². The Morgan fingerprint density at radius 2 is 1.77 bits per heavy atom. The van der Waals surface area contributed by atoms with Crippen LogP contribution in [0.2, 0.25) is 0 Å². The second-order valence-corrected chi connectivity index (χ2v) is 5.61. The lowest BCUT2D eigenvalue weighted by Crippen LogP contribution is -2.18. The average molecular weight is 361 g/mol. The summed E-state index contributed by atoms with van der Waals surface area (Å²) in [6.45, 7) is 0. The van der Waals surface area contributed by atoms with Crippen LogP contribution in [0.15, 0.2) is 54.7 Å². The SMILES string of the molecule is Cn1cc(NC(=O)c2ccccc2C(F)(F)F)c(-c2ccc(O)cc2)n1. The van der Waals surface area contributed by atoms with E-state index in [0.29, 0.717) is 11.3 Å². The summed E-state index contributed by atoms with van der Waals surface area (Å²) >= 11 is 0. The second kappa shape index (κ2) is 6.55. The van der Waals surface area contributed by atoms with Gasteiger partial charge in [0.2, 0.25) is 0 Å². The molecule has 0 aliphatic rings. The van der Waals surface area contributed by atoms with E-state index in [0.717, 1.165) is 12.1 Å². The van der Waals surface area contributed by atoms with Crippen molar-refractivity contribution in [1.82, 2.24) is 9.78 Å². The van der Waals surface area contributed by atoms with Crippen LogP contribution in [0.4, 0.5) is 18.9 Å². The molecule has 2 N–H and O–H groups in total. The predicted molar refractivity (Wildman–Crippen MR) is 89.7 cm³/mol. The van der Waals surface area contributed by atoms with Crippen molar-refractivity contribution in [3.8, 4) is 17.0 Å². The number of rotatable bonds is 3. The molecule has 0 bridgehead atoms. The number of aryl methyl sites for hydroxylation is 1. The number of aromatic hydroxyl groups is 1. The number of hydrogen-bond donors (Lipinski definition) is 2. The molecule has 0 unspecified atom stereocenters. The summed E-state index contributed by atoms with van der Waals surface area (Å²) in [5, 5.41) is 16.1. The van der Waals surface area contributed by atoms with Crippen LogP contribution in [-0.4, -0.2) is 20.8 Å². The number of phenols is 1. The van der Waals surface area contributed by atoms with Gasteiger partial charge in [0.15, 0.2) is 0 Å². The van der Waals surface area contributed by atoms with Gasteiger partial charge < -0.3 is 10.4 Å². The molecule has 2 aromatic carbocycles. The Hall–Kier alpha value is -3.29. The number of carbonyl (C=O) groups is 1. The van der Waals surface area contributed by atoms with Gasteiger partial charge >= 0.3 is 6.18 Å². The Morgan fingerprint density at radius 3 is 2.42 bits per heavy atom. The molecule has 0 aliphatic heterocycles. The molecule has 0 radical (unpaired) electrons. The van der Waals surface area contributed by atoms with Gasteiger partial charge in [-0.1, -0.05) is 12.1 Å². The number of carbonyl (C=O) groups excluding carboxylic acids is 1. The van der Waals surface area contributed by atoms with Crippen LogP contribution in [0.1, 0.15) is 15.9 Å². The minimum absolute atomic E-state index is 0.0642. The van der Waals surface area contributed by atoms with E-state index >= 15 is 0 Å². The summed E-state index contributed by atoms with van der Waals surface area (Å²) in [6.07, 6.45) is -3.14. The lowest BCUT2D eigenvalue weighted by Gasteiger charge is -2.12. The fraction of sp³-hybridized carbons (Fsp3) is 0.111. The second-order valence-electron chi connectivity index (χ2n) is 5.61. The largest absolute Gasteiger partial charge is 0.508 e. The molecule has 3 rings (SSSR count). The number of hydrogen-bond acceptors (Lipinski definition) is 3. The molecule has 0 saturated heterocycles. The standard InChI is InChI=1S/C18H14F3N3O2/c1-24-10-15(16(23-24)11-6-8-12(25)9-7-11)22-17(26)13-4-2-3-5-14(13)18(19,20)21/h2-10,25H,1H3,(H,22,26). The van der Waals surface area contributed by atoms with Crippen molar-refractivity contribution in [2.45, 2.75) is 6.18 Å². The number of aromatic nitrogens is 2. The molecule has 26 heavy (non-hydrogen) atoms. The highest BCUT2D eigenvalue weighted by Gasteiger charge is 2.35. The molecule has 0 saturated carbocycles. The van der Waals surface area contributed by atoms with Gasteiger partial charge in [0.1, 0.15) is 11.4 Å². The normalized spacial score (nSPS) is 11.4. The van der Waals surface area contributed by atoms with Crippen LogP contribution >= 0.6 is 0 Å². The van der Waals surface area contributed by atoms with Crippen LogP contribution in [0, 0.1) is 0 Å². The van der Waals surface area contributed by atoms with E-state index < -0.39 is 23.2 Å². The molecule has 134 valence electrons. The van der Waals surface area contributed by atoms with E-state index in [2.05, 4.69) is 10.4 Å². The average Bonchev–Trinajstić information content (AvgIpc) is 2.95. The first-order valence-electron chi connectivity index (χ1n) is 7.56. The smallest absolute Gasteiger partial charge is 0.417 e. The van der Waals surface area contributed by atoms with E-state index in [-0.39, 0.29) is 11.4 Å². The zero-order chi connectivity index (χ0) is 18.9. The van der Waals surface area contributed by atoms with Gasteiger partial charge in [-0.15, -0.1) is 0 Å². The van der Waals surface area contributed by atoms with E-state index in [4.69, 9.17) is 0 Å². The van der Waals surface area contributed by atoms with E-state index in [1.165, 1.54) is 35.1 Å². The molecule has 0 aliphatic carbocycles. The predicted octanol–water partition coefficient (Wildman–Crippen LogP) is 4.06. The van der Waals surface area contributed by atoms with Gasteiger partial charge in [0.25, 0.3) is 5.91 Å². The number of nitrogens with one attached hydrogen (secondary N) is 1. The molecular weight excluding hydrogens is 347 g/mol. The van der Waals surface area contributed by atoms with E-state index in [1.54, 1.807) is 19.2 Å². The van der Waals surface area contributed by atoms with Crippen molar-refractivity contribution >= 4 is 11.6 Å². The van der Waals surface area contributed by atoms with Crippen molar-refractivity contribution in [1.29, 1.82) is 0 Å². The molecule has 8 heteroatoms. The highest BCUT2D eigenvalue weighted by molar-refractivity contribution is 6.07. The van der Waals surface area contributed by atoms with Crippen LogP contribution in [0.5, 0.6) is 5.75 Å². The van der Waals surface area contributed by atoms with Crippen molar-refractivity contribution in [3.63, 3.8) is 0 Å². The van der Waals surface area contributed by atoms with Crippen molar-refractivity contribution in [2.75, 3.05) is 5.32 Å². The van der Waals surface area contributed by atoms with Crippen molar-refractivity contribution < 1.29 is 23.1 Å². The molecule has 3 aromatic rings. The van der Waals surface area contributed by atoms with Crippen LogP contribution in [0.25, 0.3) is 11.3 Å². The topological polar surface area (TPSA) is 67.2 Å². The summed E-state index contributed by atoms with van der Waals surface area (Å²) < 4.78 is 40.8. The van der Waals surface area contributed by atoms with E-state index in [9.17, 15) is 23.1 Å². The molecule has 1 amide bonds. The first kappa shape index (κ1) is 17.5. The summed E-state index contributed by atoms with van der Waals surface area (Å²) in [5.74, 6) is -0.819. The zero-order valence-corrected chi connectivity index (χ0v) is 13.6. The molecule has 0 atom stereocenters. The minimum Gasteiger partial charge on any atom is -0.508 e. The molecular formula is C18H14F3N3O2. The number of nitrogens with zero attached hydrogens (tertiary/aromatic N) is 2. The number of amides is 1. The first-order chi connectivity index (χ1) is 12.3. The monoisotopic (exact) mass is 361 g/mol. The molecule has 1 aromatic heterocycles. The first-order valence-corrected chi connectivity index (χ1v) is 7.56. The van der Waals surface area contributed by atoms with Crippen molar-refractivity contribution in [3.05, 3.63) is 65.9 Å². The highest BCUT2D eigenvalue weighted by atomic mass is 19.4. The van der Waals surface area contributed by atoms with Gasteiger partial charge in [-0.05, 0) is 36.4 Å². The summed E-state index contributed by atoms with van der Waals surface area (Å²) in [5.41, 5.74) is -0.235. The van der Waals surface area contributed by atoms with Gasteiger partial charge in [-0.25, -0.2) is 0 Å². The van der Waals surface area contributed by atoms with Crippen molar-refractivity contribution in [2.24, 2.45) is 7.05 Å². The van der Waals surface area contributed by atoms with Crippen LogP contribution < -0.4 is 5.32 Å². The Balaban J connectivity index is 1.96. The third-order valence-corrected chi connectivity index (χ3v) is 3.69. The summed E-state index contributed by atoms with van der Waals surface area (Å²) in [4.78, 5) is 12.4. The molecule has 0 spiro atoms. The number of phenolic OH excluding ortho intramolecular Hbond substituents is 1. The summed E-state index contributed by atoms with van der Waals surface area (Å²) in [7, 11) is 1.63. The number of benzene rings is 2. The quantitative estimate of drug-likeness (QED) is 0.739. The van der Waals surface area contributed by atoms with Gasteiger partial charge in [0, 0.05) is 18.8 Å². The molecule has 1 heterocycles. The van der Waals surface area contributed by atoms with Gasteiger partial charge in [0.05, 0.1) is 16.8 Å². The fourth-order valence-corrected chi connectivity index (χ4v) is 2.53. The Kier molecular flexibility index (Phi) is 4.41. The zero-order valence-electron chi connectivity index (χ0n) is 13.6. The molecule has 5 nitrogen and oxygen atoms in total. The minimum atomic E-state index is -4.64. The Bertz CT molecular complexity index is 947. The Labute approximate surface area is 146 Å². The fourth-order valence-electron chi connectivity index (χ4n) is 2.53. The third-order valence-electron chi connectivity index (χ3n) is 3.69. The number of alkyl halides is 3. The van der Waals surface area contributed by atoms with E-state index in [1.807, 2.05) is 0 Å². The maximum absolute atomic E-state index is 13.1. The maximum Gasteiger partial charge on any atom is 0.417 e. The number of anilines is 1. The third kappa shape index (κ3) is 3.53. The summed E-state index contributed by atoms with van der Waals surface area (Å²) in [6, 6.07) is 10.7.